The molecule has 0 heterocycles. The molecule has 2 aromatic carbocycles. The molecule has 1 N–H and O–H groups in total. The van der Waals surface area contributed by atoms with E-state index in [4.69, 9.17) is 21.6 Å². The van der Waals surface area contributed by atoms with Crippen LogP contribution in [0.5, 0.6) is 0 Å². The van der Waals surface area contributed by atoms with Crippen molar-refractivity contribution < 1.29 is 14.3 Å². The number of carbonyl (C=O) groups is 2. The van der Waals surface area contributed by atoms with Gasteiger partial charge in [0.25, 0.3) is 5.91 Å². The molecule has 28 heavy (non-hydrogen) atoms. The molecule has 0 saturated heterocycles. The summed E-state index contributed by atoms with van der Waals surface area (Å²) in [4.78, 5) is 25.5. The van der Waals surface area contributed by atoms with E-state index in [1.807, 2.05) is 32.2 Å². The quantitative estimate of drug-likeness (QED) is 0.384. The first-order valence-electron chi connectivity index (χ1n) is 8.70. The number of benzene rings is 2. The van der Waals surface area contributed by atoms with Crippen LogP contribution >= 0.6 is 23.4 Å². The fourth-order valence-corrected chi connectivity index (χ4v) is 3.37. The number of rotatable bonds is 7. The molecule has 0 fully saturated rings. The molecule has 5 nitrogen and oxygen atoms in total. The second-order valence-electron chi connectivity index (χ2n) is 6.60. The zero-order valence-corrected chi connectivity index (χ0v) is 17.4. The standard InChI is InChI=1S/C21H21ClN2O3S/c1-13(2)20(15-4-6-16(22)7-5-15)21(26)27-11-19(25)24-18-9-8-17(28-12-23)10-14(18)3/h4-10,13,20H,11H2,1-3H3,(H,24,25)/t20-/m1/s1. The van der Waals surface area contributed by atoms with Crippen molar-refractivity contribution in [1.29, 1.82) is 5.26 Å². The van der Waals surface area contributed by atoms with Crippen LogP contribution in [0.1, 0.15) is 30.9 Å². The van der Waals surface area contributed by atoms with Crippen LogP contribution in [-0.2, 0) is 14.3 Å². The number of anilines is 1. The highest BCUT2D eigenvalue weighted by molar-refractivity contribution is 8.03. The zero-order chi connectivity index (χ0) is 20.7. The molecule has 0 aromatic heterocycles. The number of halogens is 1. The van der Waals surface area contributed by atoms with Crippen LogP contribution in [0.15, 0.2) is 47.4 Å². The Hall–Kier alpha value is -2.49. The zero-order valence-electron chi connectivity index (χ0n) is 15.9. The normalized spacial score (nSPS) is 11.6. The van der Waals surface area contributed by atoms with Crippen LogP contribution in [0.4, 0.5) is 5.69 Å². The largest absolute Gasteiger partial charge is 0.455 e. The number of carbonyl (C=O) groups excluding carboxylic acids is 2. The number of thiocyanates is 1. The first-order valence-corrected chi connectivity index (χ1v) is 9.89. The first-order chi connectivity index (χ1) is 13.3. The van der Waals surface area contributed by atoms with Crippen molar-refractivity contribution in [2.24, 2.45) is 5.92 Å². The highest BCUT2D eigenvalue weighted by Crippen LogP contribution is 2.27. The average molecular weight is 417 g/mol. The fraction of sp³-hybridized carbons (Fsp3) is 0.286. The molecule has 0 aliphatic heterocycles. The van der Waals surface area contributed by atoms with E-state index in [1.54, 1.807) is 36.4 Å². The van der Waals surface area contributed by atoms with E-state index in [-0.39, 0.29) is 12.5 Å². The van der Waals surface area contributed by atoms with Crippen LogP contribution in [0.2, 0.25) is 5.02 Å². The number of nitriles is 1. The van der Waals surface area contributed by atoms with Crippen molar-refractivity contribution in [3.05, 3.63) is 58.6 Å². The number of amides is 1. The van der Waals surface area contributed by atoms with Gasteiger partial charge in [-0.2, -0.15) is 5.26 Å². The van der Waals surface area contributed by atoms with Crippen molar-refractivity contribution in [2.75, 3.05) is 11.9 Å². The molecule has 1 atom stereocenters. The van der Waals surface area contributed by atoms with Crippen molar-refractivity contribution in [3.63, 3.8) is 0 Å². The van der Waals surface area contributed by atoms with E-state index in [0.717, 1.165) is 27.8 Å². The molecule has 0 spiro atoms. The molecule has 2 rings (SSSR count). The number of nitrogens with one attached hydrogen (secondary N) is 1. The third kappa shape index (κ3) is 6.01. The number of ether oxygens (including phenoxy) is 1. The topological polar surface area (TPSA) is 79.2 Å². The van der Waals surface area contributed by atoms with Crippen molar-refractivity contribution >= 4 is 40.9 Å². The van der Waals surface area contributed by atoms with Crippen LogP contribution < -0.4 is 5.32 Å². The van der Waals surface area contributed by atoms with E-state index < -0.39 is 17.8 Å². The number of hydrogen-bond donors (Lipinski definition) is 1. The minimum Gasteiger partial charge on any atom is -0.455 e. The average Bonchev–Trinajstić information content (AvgIpc) is 2.64. The molecule has 1 amide bonds. The third-order valence-electron chi connectivity index (χ3n) is 4.13. The molecule has 0 aliphatic carbocycles. The Kier molecular flexibility index (Phi) is 7.91. The maximum absolute atomic E-state index is 12.5. The third-order valence-corrected chi connectivity index (χ3v) is 4.96. The molecule has 7 heteroatoms. The summed E-state index contributed by atoms with van der Waals surface area (Å²) < 4.78 is 5.26. The number of hydrogen-bond acceptors (Lipinski definition) is 5. The highest BCUT2D eigenvalue weighted by Gasteiger charge is 2.26. The predicted molar refractivity (Wildman–Crippen MR) is 111 cm³/mol. The monoisotopic (exact) mass is 416 g/mol. The summed E-state index contributed by atoms with van der Waals surface area (Å²) in [5.74, 6) is -1.35. The van der Waals surface area contributed by atoms with Crippen LogP contribution in [0.25, 0.3) is 0 Å². The summed E-state index contributed by atoms with van der Waals surface area (Å²) in [6, 6.07) is 12.3. The molecule has 146 valence electrons. The van der Waals surface area contributed by atoms with Gasteiger partial charge in [-0.1, -0.05) is 37.6 Å². The summed E-state index contributed by atoms with van der Waals surface area (Å²) in [7, 11) is 0. The maximum Gasteiger partial charge on any atom is 0.314 e. The van der Waals surface area contributed by atoms with Gasteiger partial charge >= 0.3 is 5.97 Å². The van der Waals surface area contributed by atoms with Gasteiger partial charge in [0.1, 0.15) is 5.40 Å². The molecule has 0 radical (unpaired) electrons. The second-order valence-corrected chi connectivity index (χ2v) is 7.89. The molecular formula is C21H21ClN2O3S. The Morgan fingerprint density at radius 2 is 1.89 bits per heavy atom. The van der Waals surface area contributed by atoms with E-state index >= 15 is 0 Å². The summed E-state index contributed by atoms with van der Waals surface area (Å²) in [6.45, 7) is 5.30. The van der Waals surface area contributed by atoms with Gasteiger partial charge in [0.15, 0.2) is 6.61 Å². The lowest BCUT2D eigenvalue weighted by atomic mass is 9.88. The molecule has 0 unspecified atom stereocenters. The number of thioether (sulfide) groups is 1. The van der Waals surface area contributed by atoms with Gasteiger partial charge in [0.2, 0.25) is 0 Å². The van der Waals surface area contributed by atoms with Crippen molar-refractivity contribution in [2.45, 2.75) is 31.6 Å². The SMILES string of the molecule is Cc1cc(SC#N)ccc1NC(=O)COC(=O)[C@@H](c1ccc(Cl)cc1)C(C)C. The van der Waals surface area contributed by atoms with Crippen LogP contribution in [0.3, 0.4) is 0 Å². The number of nitrogens with zero attached hydrogens (tertiary/aromatic N) is 1. The lowest BCUT2D eigenvalue weighted by Crippen LogP contribution is -2.26. The fourth-order valence-electron chi connectivity index (χ4n) is 2.77. The van der Waals surface area contributed by atoms with Gasteiger partial charge in [-0.25, -0.2) is 0 Å². The van der Waals surface area contributed by atoms with Crippen molar-refractivity contribution in [3.8, 4) is 5.40 Å². The van der Waals surface area contributed by atoms with Crippen LogP contribution in [-0.4, -0.2) is 18.5 Å². The molecule has 2 aromatic rings. The summed E-state index contributed by atoms with van der Waals surface area (Å²) in [5.41, 5.74) is 2.23. The van der Waals surface area contributed by atoms with Gasteiger partial charge < -0.3 is 10.1 Å². The predicted octanol–water partition coefficient (Wildman–Crippen LogP) is 5.14. The van der Waals surface area contributed by atoms with E-state index in [1.165, 1.54) is 0 Å². The summed E-state index contributed by atoms with van der Waals surface area (Å²) in [5, 5.41) is 14.0. The van der Waals surface area contributed by atoms with Gasteiger partial charge in [-0.3, -0.25) is 9.59 Å². The van der Waals surface area contributed by atoms with Gasteiger partial charge in [-0.05, 0) is 66.1 Å². The smallest absolute Gasteiger partial charge is 0.314 e. The maximum atomic E-state index is 12.5. The Balaban J connectivity index is 1.98. The van der Waals surface area contributed by atoms with E-state index in [9.17, 15) is 9.59 Å². The minimum atomic E-state index is -0.478. The summed E-state index contributed by atoms with van der Waals surface area (Å²) >= 11 is 6.96. The summed E-state index contributed by atoms with van der Waals surface area (Å²) in [6.07, 6.45) is 0. The van der Waals surface area contributed by atoms with Crippen molar-refractivity contribution in [1.82, 2.24) is 0 Å². The van der Waals surface area contributed by atoms with E-state index in [2.05, 4.69) is 5.32 Å². The van der Waals surface area contributed by atoms with Gasteiger partial charge in [-0.15, -0.1) is 0 Å². The number of esters is 1. The lowest BCUT2D eigenvalue weighted by molar-refractivity contribution is -0.149. The second kappa shape index (κ2) is 10.2. The number of aryl methyl sites for hydroxylation is 1. The molecule has 0 saturated carbocycles. The van der Waals surface area contributed by atoms with Gasteiger partial charge in [0.05, 0.1) is 5.92 Å². The Bertz CT molecular complexity index is 892. The van der Waals surface area contributed by atoms with Gasteiger partial charge in [0, 0.05) is 15.6 Å². The first kappa shape index (κ1) is 21.8. The molecule has 0 bridgehead atoms. The highest BCUT2D eigenvalue weighted by atomic mass is 35.5. The molecular weight excluding hydrogens is 396 g/mol. The Labute approximate surface area is 174 Å². The Morgan fingerprint density at radius 3 is 2.46 bits per heavy atom. The van der Waals surface area contributed by atoms with Crippen LogP contribution in [0, 0.1) is 23.5 Å². The Morgan fingerprint density at radius 1 is 1.21 bits per heavy atom. The minimum absolute atomic E-state index is 0.00385. The van der Waals surface area contributed by atoms with E-state index in [0.29, 0.717) is 10.7 Å². The lowest BCUT2D eigenvalue weighted by Gasteiger charge is -2.20. The molecule has 0 aliphatic rings.